The molecule has 0 saturated carbocycles. The standard InChI is InChI=1S/C12H22O4S/c1-5-16-11(15)12(9(3)4,10(13)14)7-8-17-6-2/h9H,5-8H2,1-4H3,(H,13,14). The normalized spacial score (nSPS) is 14.4. The molecule has 0 aliphatic carbocycles. The predicted octanol–water partition coefficient (Wildman–Crippen LogP) is 2.42. The van der Waals surface area contributed by atoms with Crippen molar-refractivity contribution in [3.63, 3.8) is 0 Å². The molecular formula is C12H22O4S. The highest BCUT2D eigenvalue weighted by atomic mass is 32.2. The fraction of sp³-hybridized carbons (Fsp3) is 0.833. The topological polar surface area (TPSA) is 63.6 Å². The molecule has 0 aromatic heterocycles. The first-order valence-corrected chi connectivity index (χ1v) is 7.07. The summed E-state index contributed by atoms with van der Waals surface area (Å²) in [5, 5.41) is 9.38. The summed E-state index contributed by atoms with van der Waals surface area (Å²) in [6.45, 7) is 7.41. The lowest BCUT2D eigenvalue weighted by Crippen LogP contribution is -2.45. The number of rotatable bonds is 8. The summed E-state index contributed by atoms with van der Waals surface area (Å²) < 4.78 is 4.93. The number of hydrogen-bond donors (Lipinski definition) is 1. The third-order valence-corrected chi connectivity index (χ3v) is 3.75. The van der Waals surface area contributed by atoms with Crippen molar-refractivity contribution in [2.24, 2.45) is 11.3 Å². The molecule has 5 heteroatoms. The minimum absolute atomic E-state index is 0.210. The minimum atomic E-state index is -1.40. The first kappa shape index (κ1) is 16.3. The van der Waals surface area contributed by atoms with Crippen molar-refractivity contribution in [1.82, 2.24) is 0 Å². The van der Waals surface area contributed by atoms with Gasteiger partial charge in [0.2, 0.25) is 0 Å². The van der Waals surface area contributed by atoms with Crippen LogP contribution in [0.1, 0.15) is 34.1 Å². The molecule has 0 heterocycles. The van der Waals surface area contributed by atoms with Gasteiger partial charge in [-0.2, -0.15) is 11.8 Å². The predicted molar refractivity (Wildman–Crippen MR) is 69.2 cm³/mol. The summed E-state index contributed by atoms with van der Waals surface area (Å²) in [4.78, 5) is 23.4. The van der Waals surface area contributed by atoms with Crippen molar-refractivity contribution in [2.75, 3.05) is 18.1 Å². The van der Waals surface area contributed by atoms with Gasteiger partial charge in [-0.3, -0.25) is 9.59 Å². The van der Waals surface area contributed by atoms with Crippen LogP contribution < -0.4 is 0 Å². The van der Waals surface area contributed by atoms with Crippen LogP contribution in [0, 0.1) is 11.3 Å². The number of hydrogen-bond acceptors (Lipinski definition) is 4. The van der Waals surface area contributed by atoms with Crippen LogP contribution in [0.15, 0.2) is 0 Å². The van der Waals surface area contributed by atoms with Gasteiger partial charge in [-0.1, -0.05) is 20.8 Å². The molecule has 1 N–H and O–H groups in total. The molecule has 0 aliphatic heterocycles. The first-order chi connectivity index (χ1) is 7.93. The Labute approximate surface area is 107 Å². The van der Waals surface area contributed by atoms with Gasteiger partial charge in [0.05, 0.1) is 6.61 Å². The van der Waals surface area contributed by atoms with Crippen molar-refractivity contribution in [3.05, 3.63) is 0 Å². The van der Waals surface area contributed by atoms with Crippen molar-refractivity contribution in [2.45, 2.75) is 34.1 Å². The molecule has 0 aromatic carbocycles. The van der Waals surface area contributed by atoms with Crippen molar-refractivity contribution in [3.8, 4) is 0 Å². The highest BCUT2D eigenvalue weighted by Crippen LogP contribution is 2.35. The van der Waals surface area contributed by atoms with Gasteiger partial charge in [0.15, 0.2) is 5.41 Å². The van der Waals surface area contributed by atoms with Crippen molar-refractivity contribution < 1.29 is 19.4 Å². The number of thioether (sulfide) groups is 1. The number of esters is 1. The number of carbonyl (C=O) groups is 2. The van der Waals surface area contributed by atoms with Gasteiger partial charge in [-0.25, -0.2) is 0 Å². The second-order valence-corrected chi connectivity index (χ2v) is 5.49. The van der Waals surface area contributed by atoms with Crippen LogP contribution in [-0.2, 0) is 14.3 Å². The van der Waals surface area contributed by atoms with E-state index in [-0.39, 0.29) is 12.5 Å². The maximum atomic E-state index is 11.9. The smallest absolute Gasteiger partial charge is 0.323 e. The third-order valence-electron chi connectivity index (χ3n) is 2.85. The molecule has 0 rings (SSSR count). The lowest BCUT2D eigenvalue weighted by molar-refractivity contribution is -0.172. The second-order valence-electron chi connectivity index (χ2n) is 4.10. The average Bonchev–Trinajstić information content (AvgIpc) is 2.23. The molecule has 0 bridgehead atoms. The number of ether oxygens (including phenoxy) is 1. The highest BCUT2D eigenvalue weighted by Gasteiger charge is 2.49. The Hall–Kier alpha value is -0.710. The molecule has 0 amide bonds. The summed E-state index contributed by atoms with van der Waals surface area (Å²) in [6, 6.07) is 0. The maximum Gasteiger partial charge on any atom is 0.323 e. The minimum Gasteiger partial charge on any atom is -0.480 e. The summed E-state index contributed by atoms with van der Waals surface area (Å²) >= 11 is 1.63. The largest absolute Gasteiger partial charge is 0.480 e. The van der Waals surface area contributed by atoms with E-state index in [1.807, 2.05) is 6.92 Å². The van der Waals surface area contributed by atoms with E-state index in [2.05, 4.69) is 0 Å². The van der Waals surface area contributed by atoms with E-state index in [0.717, 1.165) is 5.75 Å². The zero-order valence-corrected chi connectivity index (χ0v) is 11.8. The van der Waals surface area contributed by atoms with Crippen molar-refractivity contribution >= 4 is 23.7 Å². The lowest BCUT2D eigenvalue weighted by atomic mass is 9.75. The molecule has 17 heavy (non-hydrogen) atoms. The van der Waals surface area contributed by atoms with Crippen LogP contribution >= 0.6 is 11.8 Å². The maximum absolute atomic E-state index is 11.9. The SMILES string of the molecule is CCOC(=O)C(CCSCC)(C(=O)O)C(C)C. The number of aliphatic carboxylic acids is 1. The van der Waals surface area contributed by atoms with Gasteiger partial charge >= 0.3 is 11.9 Å². The average molecular weight is 262 g/mol. The summed E-state index contributed by atoms with van der Waals surface area (Å²) in [6.07, 6.45) is 0.317. The number of carboxylic acid groups (broad SMARTS) is 1. The van der Waals surface area contributed by atoms with E-state index in [1.165, 1.54) is 0 Å². The van der Waals surface area contributed by atoms with E-state index in [4.69, 9.17) is 4.74 Å². The molecule has 0 aliphatic rings. The second kappa shape index (κ2) is 7.58. The van der Waals surface area contributed by atoms with Crippen LogP contribution in [0.25, 0.3) is 0 Å². The van der Waals surface area contributed by atoms with Crippen molar-refractivity contribution in [1.29, 1.82) is 0 Å². The molecule has 4 nitrogen and oxygen atoms in total. The Morgan fingerprint density at radius 3 is 2.29 bits per heavy atom. The number of carbonyl (C=O) groups excluding carboxylic acids is 1. The molecule has 0 fully saturated rings. The number of carboxylic acids is 1. The Kier molecular flexibility index (Phi) is 7.27. The van der Waals surface area contributed by atoms with E-state index < -0.39 is 17.4 Å². The van der Waals surface area contributed by atoms with Crippen LogP contribution in [-0.4, -0.2) is 35.2 Å². The van der Waals surface area contributed by atoms with Gasteiger partial charge in [-0.05, 0) is 30.8 Å². The Morgan fingerprint density at radius 1 is 1.35 bits per heavy atom. The molecule has 1 unspecified atom stereocenters. The lowest BCUT2D eigenvalue weighted by Gasteiger charge is -2.30. The fourth-order valence-electron chi connectivity index (χ4n) is 1.71. The molecule has 100 valence electrons. The van der Waals surface area contributed by atoms with Crippen LogP contribution in [0.3, 0.4) is 0 Å². The van der Waals surface area contributed by atoms with E-state index in [9.17, 15) is 14.7 Å². The Morgan fingerprint density at radius 2 is 1.94 bits per heavy atom. The van der Waals surface area contributed by atoms with E-state index >= 15 is 0 Å². The van der Waals surface area contributed by atoms with Gasteiger partial charge in [0.1, 0.15) is 0 Å². The zero-order valence-electron chi connectivity index (χ0n) is 11.0. The fourth-order valence-corrected chi connectivity index (χ4v) is 2.46. The molecule has 0 saturated heterocycles. The first-order valence-electron chi connectivity index (χ1n) is 5.91. The summed E-state index contributed by atoms with van der Waals surface area (Å²) in [7, 11) is 0. The van der Waals surface area contributed by atoms with Gasteiger partial charge in [0.25, 0.3) is 0 Å². The van der Waals surface area contributed by atoms with E-state index in [0.29, 0.717) is 12.2 Å². The highest BCUT2D eigenvalue weighted by molar-refractivity contribution is 7.99. The summed E-state index contributed by atoms with van der Waals surface area (Å²) in [5.74, 6) is -0.408. The third kappa shape index (κ3) is 3.91. The monoisotopic (exact) mass is 262 g/mol. The molecule has 0 spiro atoms. The van der Waals surface area contributed by atoms with Gasteiger partial charge in [0, 0.05) is 0 Å². The van der Waals surface area contributed by atoms with Crippen LogP contribution in [0.4, 0.5) is 0 Å². The molecule has 0 aromatic rings. The Bertz CT molecular complexity index is 265. The molecular weight excluding hydrogens is 240 g/mol. The molecule has 0 radical (unpaired) electrons. The Balaban J connectivity index is 5.00. The zero-order chi connectivity index (χ0) is 13.5. The molecule has 1 atom stereocenters. The van der Waals surface area contributed by atoms with Crippen LogP contribution in [0.2, 0.25) is 0 Å². The van der Waals surface area contributed by atoms with Gasteiger partial charge < -0.3 is 9.84 Å². The van der Waals surface area contributed by atoms with Gasteiger partial charge in [-0.15, -0.1) is 0 Å². The van der Waals surface area contributed by atoms with E-state index in [1.54, 1.807) is 32.5 Å². The van der Waals surface area contributed by atoms with Crippen LogP contribution in [0.5, 0.6) is 0 Å². The quantitative estimate of drug-likeness (QED) is 0.413. The summed E-state index contributed by atoms with van der Waals surface area (Å²) in [5.41, 5.74) is -1.40.